The lowest BCUT2D eigenvalue weighted by Gasteiger charge is -2.28. The Kier molecular flexibility index (Phi) is 5.67. The Balaban J connectivity index is 1.22. The fraction of sp³-hybridized carbons (Fsp3) is 0.409. The van der Waals surface area contributed by atoms with Gasteiger partial charge in [0.15, 0.2) is 11.5 Å². The molecule has 2 N–H and O–H groups in total. The number of hydrogen-bond donors (Lipinski definition) is 2. The molecule has 0 spiro atoms. The van der Waals surface area contributed by atoms with Gasteiger partial charge in [0.05, 0.1) is 20.2 Å². The van der Waals surface area contributed by atoms with E-state index in [1.165, 1.54) is 10.5 Å². The minimum absolute atomic E-state index is 0.110. The SMILES string of the molecule is COc1ccc(CNC(=O)C2CC[NH+](Cc3ccc4c(c3)OCO4)CC2)cc1. The molecule has 0 saturated carbocycles. The normalized spacial score (nSPS) is 20.6. The monoisotopic (exact) mass is 383 g/mol. The largest absolute Gasteiger partial charge is 0.497 e. The third-order valence-corrected chi connectivity index (χ3v) is 5.58. The zero-order chi connectivity index (χ0) is 19.3. The number of quaternary nitrogens is 1. The van der Waals surface area contributed by atoms with E-state index >= 15 is 0 Å². The molecule has 2 aromatic carbocycles. The lowest BCUT2D eigenvalue weighted by Crippen LogP contribution is -3.11. The van der Waals surface area contributed by atoms with Gasteiger partial charge >= 0.3 is 0 Å². The van der Waals surface area contributed by atoms with Crippen LogP contribution in [0.25, 0.3) is 0 Å². The number of carbonyl (C=O) groups is 1. The molecule has 6 nitrogen and oxygen atoms in total. The molecule has 28 heavy (non-hydrogen) atoms. The lowest BCUT2D eigenvalue weighted by molar-refractivity contribution is -0.919. The second-order valence-corrected chi connectivity index (χ2v) is 7.45. The Morgan fingerprint density at radius 1 is 1.07 bits per heavy atom. The summed E-state index contributed by atoms with van der Waals surface area (Å²) >= 11 is 0. The molecular weight excluding hydrogens is 356 g/mol. The summed E-state index contributed by atoms with van der Waals surface area (Å²) in [6.45, 7) is 3.84. The highest BCUT2D eigenvalue weighted by Gasteiger charge is 2.27. The van der Waals surface area contributed by atoms with Crippen LogP contribution in [0.1, 0.15) is 24.0 Å². The second-order valence-electron chi connectivity index (χ2n) is 7.45. The number of hydrogen-bond acceptors (Lipinski definition) is 4. The molecule has 2 aliphatic rings. The van der Waals surface area contributed by atoms with Crippen molar-refractivity contribution >= 4 is 5.91 Å². The van der Waals surface area contributed by atoms with Crippen LogP contribution >= 0.6 is 0 Å². The van der Waals surface area contributed by atoms with Gasteiger partial charge in [-0.1, -0.05) is 12.1 Å². The van der Waals surface area contributed by atoms with Crippen molar-refractivity contribution in [3.8, 4) is 17.2 Å². The average molecular weight is 383 g/mol. The molecule has 2 heterocycles. The van der Waals surface area contributed by atoms with Crippen LogP contribution in [0.3, 0.4) is 0 Å². The Labute approximate surface area is 165 Å². The van der Waals surface area contributed by atoms with Gasteiger partial charge in [-0.3, -0.25) is 4.79 Å². The smallest absolute Gasteiger partial charge is 0.231 e. The van der Waals surface area contributed by atoms with E-state index in [1.807, 2.05) is 30.3 Å². The van der Waals surface area contributed by atoms with Crippen LogP contribution in [0.2, 0.25) is 0 Å². The van der Waals surface area contributed by atoms with Crippen molar-refractivity contribution in [3.05, 3.63) is 53.6 Å². The summed E-state index contributed by atoms with van der Waals surface area (Å²) in [4.78, 5) is 14.0. The summed E-state index contributed by atoms with van der Waals surface area (Å²) in [5, 5.41) is 3.08. The molecule has 2 aliphatic heterocycles. The molecule has 148 valence electrons. The number of amides is 1. The Bertz CT molecular complexity index is 814. The first-order chi connectivity index (χ1) is 13.7. The van der Waals surface area contributed by atoms with Gasteiger partial charge in [-0.05, 0) is 35.9 Å². The van der Waals surface area contributed by atoms with E-state index in [-0.39, 0.29) is 11.8 Å². The summed E-state index contributed by atoms with van der Waals surface area (Å²) in [5.74, 6) is 2.76. The van der Waals surface area contributed by atoms with Gasteiger partial charge in [-0.2, -0.15) is 0 Å². The van der Waals surface area contributed by atoms with E-state index in [9.17, 15) is 4.79 Å². The first kappa shape index (κ1) is 18.6. The molecule has 4 rings (SSSR count). The lowest BCUT2D eigenvalue weighted by atomic mass is 9.95. The van der Waals surface area contributed by atoms with Crippen LogP contribution in [0.4, 0.5) is 0 Å². The highest BCUT2D eigenvalue weighted by atomic mass is 16.7. The molecule has 1 saturated heterocycles. The van der Waals surface area contributed by atoms with Gasteiger partial charge in [0.1, 0.15) is 12.3 Å². The quantitative estimate of drug-likeness (QED) is 0.794. The minimum Gasteiger partial charge on any atom is -0.497 e. The molecule has 0 unspecified atom stereocenters. The van der Waals surface area contributed by atoms with Gasteiger partial charge < -0.3 is 24.4 Å². The van der Waals surface area contributed by atoms with Crippen molar-refractivity contribution in [2.24, 2.45) is 5.92 Å². The molecule has 0 aromatic heterocycles. The third kappa shape index (κ3) is 4.39. The number of piperidine rings is 1. The van der Waals surface area contributed by atoms with E-state index < -0.39 is 0 Å². The Morgan fingerprint density at radius 2 is 1.79 bits per heavy atom. The van der Waals surface area contributed by atoms with Crippen molar-refractivity contribution in [2.75, 3.05) is 27.0 Å². The van der Waals surface area contributed by atoms with Crippen LogP contribution in [0.15, 0.2) is 42.5 Å². The molecule has 0 aliphatic carbocycles. The predicted molar refractivity (Wildman–Crippen MR) is 105 cm³/mol. The highest BCUT2D eigenvalue weighted by molar-refractivity contribution is 5.78. The second kappa shape index (κ2) is 8.52. The first-order valence-electron chi connectivity index (χ1n) is 9.84. The number of methoxy groups -OCH3 is 1. The first-order valence-corrected chi connectivity index (χ1v) is 9.84. The topological polar surface area (TPSA) is 61.2 Å². The van der Waals surface area contributed by atoms with Crippen molar-refractivity contribution in [3.63, 3.8) is 0 Å². The maximum Gasteiger partial charge on any atom is 0.231 e. The van der Waals surface area contributed by atoms with E-state index in [4.69, 9.17) is 14.2 Å². The van der Waals surface area contributed by atoms with Gasteiger partial charge in [0.25, 0.3) is 0 Å². The van der Waals surface area contributed by atoms with Crippen LogP contribution in [0, 0.1) is 5.92 Å². The standard InChI is InChI=1S/C22H26N2O4/c1-26-19-5-2-16(3-6-19)13-23-22(25)18-8-10-24(11-9-18)14-17-4-7-20-21(12-17)28-15-27-20/h2-7,12,18H,8-11,13-15H2,1H3,(H,23,25)/p+1. The maximum absolute atomic E-state index is 12.5. The van der Waals surface area contributed by atoms with Gasteiger partial charge in [-0.15, -0.1) is 0 Å². The number of ether oxygens (including phenoxy) is 3. The molecule has 6 heteroatoms. The summed E-state index contributed by atoms with van der Waals surface area (Å²) in [6.07, 6.45) is 1.85. The van der Waals surface area contributed by atoms with Crippen LogP contribution in [-0.2, 0) is 17.9 Å². The molecule has 0 atom stereocenters. The van der Waals surface area contributed by atoms with Crippen LogP contribution < -0.4 is 24.4 Å². The third-order valence-electron chi connectivity index (χ3n) is 5.58. The Morgan fingerprint density at radius 3 is 2.54 bits per heavy atom. The summed E-state index contributed by atoms with van der Waals surface area (Å²) in [7, 11) is 1.65. The maximum atomic E-state index is 12.5. The van der Waals surface area contributed by atoms with E-state index in [0.717, 1.165) is 55.3 Å². The zero-order valence-electron chi connectivity index (χ0n) is 16.2. The fourth-order valence-corrected chi connectivity index (χ4v) is 3.88. The fourth-order valence-electron chi connectivity index (χ4n) is 3.88. The van der Waals surface area contributed by atoms with Crippen LogP contribution in [0.5, 0.6) is 17.2 Å². The van der Waals surface area contributed by atoms with Crippen molar-refractivity contribution in [2.45, 2.75) is 25.9 Å². The average Bonchev–Trinajstić information content (AvgIpc) is 3.21. The molecular formula is C22H27N2O4+. The van der Waals surface area contributed by atoms with Crippen molar-refractivity contribution < 1.29 is 23.9 Å². The number of fused-ring (bicyclic) bond motifs is 1. The number of rotatable bonds is 6. The summed E-state index contributed by atoms with van der Waals surface area (Å²) in [5.41, 5.74) is 2.33. The molecule has 1 fully saturated rings. The van der Waals surface area contributed by atoms with E-state index in [1.54, 1.807) is 7.11 Å². The number of carbonyl (C=O) groups excluding carboxylic acids is 1. The molecule has 2 aromatic rings. The van der Waals surface area contributed by atoms with Crippen molar-refractivity contribution in [1.29, 1.82) is 0 Å². The van der Waals surface area contributed by atoms with Crippen LogP contribution in [-0.4, -0.2) is 32.9 Å². The zero-order valence-corrected chi connectivity index (χ0v) is 16.2. The molecule has 0 radical (unpaired) electrons. The number of nitrogens with one attached hydrogen (secondary N) is 2. The number of benzene rings is 2. The Hall–Kier alpha value is -2.73. The summed E-state index contributed by atoms with van der Waals surface area (Å²) < 4.78 is 16.0. The van der Waals surface area contributed by atoms with E-state index in [0.29, 0.717) is 13.3 Å². The minimum atomic E-state index is 0.110. The molecule has 1 amide bonds. The molecule has 0 bridgehead atoms. The number of likely N-dealkylation sites (tertiary alicyclic amines) is 1. The predicted octanol–water partition coefficient (Wildman–Crippen LogP) is 1.54. The van der Waals surface area contributed by atoms with Crippen molar-refractivity contribution in [1.82, 2.24) is 5.32 Å². The highest BCUT2D eigenvalue weighted by Crippen LogP contribution is 2.32. The van der Waals surface area contributed by atoms with Gasteiger partial charge in [0.2, 0.25) is 12.7 Å². The summed E-state index contributed by atoms with van der Waals surface area (Å²) in [6, 6.07) is 14.0. The van der Waals surface area contributed by atoms with Gasteiger partial charge in [0, 0.05) is 30.9 Å². The van der Waals surface area contributed by atoms with Gasteiger partial charge in [-0.25, -0.2) is 0 Å². The van der Waals surface area contributed by atoms with E-state index in [2.05, 4.69) is 17.4 Å².